The molecule has 0 saturated carbocycles. The highest BCUT2D eigenvalue weighted by Crippen LogP contribution is 2.25. The van der Waals surface area contributed by atoms with Crippen molar-refractivity contribution >= 4 is 23.2 Å². The fourth-order valence-electron chi connectivity index (χ4n) is 2.12. The zero-order valence-corrected chi connectivity index (χ0v) is 12.6. The lowest BCUT2D eigenvalue weighted by Crippen LogP contribution is -2.13. The standard InChI is InChI=1S/C17H13ClN2O2/c1-11-7-8-13(18)9-15(11)19-17(21)14-10-22-20-16(14)12-5-3-2-4-6-12/h2-10H,1H3,(H,19,21). The maximum absolute atomic E-state index is 12.5. The van der Waals surface area contributed by atoms with Crippen LogP contribution in [0.1, 0.15) is 15.9 Å². The van der Waals surface area contributed by atoms with Crippen molar-refractivity contribution in [3.8, 4) is 11.3 Å². The van der Waals surface area contributed by atoms with Gasteiger partial charge in [0.05, 0.1) is 0 Å². The minimum atomic E-state index is -0.287. The van der Waals surface area contributed by atoms with E-state index < -0.39 is 0 Å². The van der Waals surface area contributed by atoms with E-state index in [1.165, 1.54) is 6.26 Å². The van der Waals surface area contributed by atoms with Crippen molar-refractivity contribution in [2.45, 2.75) is 6.92 Å². The normalized spacial score (nSPS) is 10.5. The third-order valence-corrected chi connectivity index (χ3v) is 3.54. The molecule has 1 heterocycles. The van der Waals surface area contributed by atoms with E-state index in [0.29, 0.717) is 22.0 Å². The molecule has 0 aliphatic rings. The molecular weight excluding hydrogens is 300 g/mol. The lowest BCUT2D eigenvalue weighted by molar-refractivity contribution is 0.102. The Morgan fingerprint density at radius 3 is 2.73 bits per heavy atom. The number of benzene rings is 2. The maximum atomic E-state index is 12.5. The van der Waals surface area contributed by atoms with Crippen LogP contribution in [0.2, 0.25) is 5.02 Å². The smallest absolute Gasteiger partial charge is 0.261 e. The van der Waals surface area contributed by atoms with Crippen LogP contribution in [0, 0.1) is 6.92 Å². The Balaban J connectivity index is 1.91. The van der Waals surface area contributed by atoms with Crippen LogP contribution >= 0.6 is 11.6 Å². The minimum absolute atomic E-state index is 0.287. The number of rotatable bonds is 3. The van der Waals surface area contributed by atoms with Crippen molar-refractivity contribution in [2.75, 3.05) is 5.32 Å². The largest absolute Gasteiger partial charge is 0.363 e. The number of aromatic nitrogens is 1. The van der Waals surface area contributed by atoms with Crippen LogP contribution in [0.25, 0.3) is 11.3 Å². The van der Waals surface area contributed by atoms with E-state index in [1.807, 2.05) is 43.3 Å². The number of carbonyl (C=O) groups is 1. The molecule has 2 aromatic carbocycles. The van der Waals surface area contributed by atoms with Gasteiger partial charge in [0.1, 0.15) is 17.5 Å². The van der Waals surface area contributed by atoms with Gasteiger partial charge in [0.2, 0.25) is 0 Å². The molecule has 0 aliphatic heterocycles. The van der Waals surface area contributed by atoms with Crippen LogP contribution in [0.5, 0.6) is 0 Å². The monoisotopic (exact) mass is 312 g/mol. The lowest BCUT2D eigenvalue weighted by Gasteiger charge is -2.08. The van der Waals surface area contributed by atoms with Crippen molar-refractivity contribution in [2.24, 2.45) is 0 Å². The van der Waals surface area contributed by atoms with Crippen LogP contribution in [0.15, 0.2) is 59.3 Å². The summed E-state index contributed by atoms with van der Waals surface area (Å²) in [5, 5.41) is 7.33. The molecule has 0 aliphatic carbocycles. The van der Waals surface area contributed by atoms with Crippen LogP contribution in [-0.2, 0) is 0 Å². The molecule has 0 unspecified atom stereocenters. The highest BCUT2D eigenvalue weighted by Gasteiger charge is 2.18. The van der Waals surface area contributed by atoms with Crippen molar-refractivity contribution in [1.82, 2.24) is 5.16 Å². The number of carbonyl (C=O) groups excluding carboxylic acids is 1. The third kappa shape index (κ3) is 2.87. The van der Waals surface area contributed by atoms with Crippen LogP contribution in [-0.4, -0.2) is 11.1 Å². The summed E-state index contributed by atoms with van der Waals surface area (Å²) in [6.45, 7) is 1.90. The van der Waals surface area contributed by atoms with Gasteiger partial charge >= 0.3 is 0 Å². The predicted molar refractivity (Wildman–Crippen MR) is 86.1 cm³/mol. The zero-order valence-electron chi connectivity index (χ0n) is 11.8. The molecule has 5 heteroatoms. The van der Waals surface area contributed by atoms with Gasteiger partial charge in [0.15, 0.2) is 0 Å². The molecule has 3 aromatic rings. The Labute approximate surface area is 132 Å². The quantitative estimate of drug-likeness (QED) is 0.771. The third-order valence-electron chi connectivity index (χ3n) is 3.31. The second-order valence-corrected chi connectivity index (χ2v) is 5.29. The van der Waals surface area contributed by atoms with Gasteiger partial charge in [0, 0.05) is 16.3 Å². The number of anilines is 1. The number of amides is 1. The van der Waals surface area contributed by atoms with Gasteiger partial charge in [0.25, 0.3) is 5.91 Å². The van der Waals surface area contributed by atoms with Gasteiger partial charge in [-0.3, -0.25) is 4.79 Å². The molecule has 1 aromatic heterocycles. The number of aryl methyl sites for hydroxylation is 1. The van der Waals surface area contributed by atoms with E-state index in [4.69, 9.17) is 16.1 Å². The molecule has 1 amide bonds. The molecule has 0 radical (unpaired) electrons. The Kier molecular flexibility index (Phi) is 3.94. The summed E-state index contributed by atoms with van der Waals surface area (Å²) in [5.74, 6) is -0.287. The summed E-state index contributed by atoms with van der Waals surface area (Å²) >= 11 is 5.97. The van der Waals surface area contributed by atoms with Crippen molar-refractivity contribution < 1.29 is 9.32 Å². The second kappa shape index (κ2) is 6.03. The summed E-state index contributed by atoms with van der Waals surface area (Å²) in [6, 6.07) is 14.8. The highest BCUT2D eigenvalue weighted by atomic mass is 35.5. The van der Waals surface area contributed by atoms with E-state index in [2.05, 4.69) is 10.5 Å². The Hall–Kier alpha value is -2.59. The van der Waals surface area contributed by atoms with Gasteiger partial charge in [-0.05, 0) is 24.6 Å². The van der Waals surface area contributed by atoms with E-state index in [-0.39, 0.29) is 5.91 Å². The first-order valence-electron chi connectivity index (χ1n) is 6.72. The van der Waals surface area contributed by atoms with Gasteiger partial charge < -0.3 is 9.84 Å². The molecule has 1 N–H and O–H groups in total. The summed E-state index contributed by atoms with van der Waals surface area (Å²) in [4.78, 5) is 12.5. The molecule has 0 atom stereocenters. The summed E-state index contributed by atoms with van der Waals surface area (Å²) < 4.78 is 4.98. The fourth-order valence-corrected chi connectivity index (χ4v) is 2.29. The molecule has 0 saturated heterocycles. The van der Waals surface area contributed by atoms with Crippen molar-refractivity contribution in [3.63, 3.8) is 0 Å². The highest BCUT2D eigenvalue weighted by molar-refractivity contribution is 6.31. The summed E-state index contributed by atoms with van der Waals surface area (Å²) in [6.07, 6.45) is 1.34. The summed E-state index contributed by atoms with van der Waals surface area (Å²) in [5.41, 5.74) is 3.31. The molecule has 3 rings (SSSR count). The number of nitrogens with one attached hydrogen (secondary N) is 1. The van der Waals surface area contributed by atoms with E-state index in [0.717, 1.165) is 11.1 Å². The molecule has 4 nitrogen and oxygen atoms in total. The number of halogens is 1. The molecule has 110 valence electrons. The first-order chi connectivity index (χ1) is 10.6. The average Bonchev–Trinajstić information content (AvgIpc) is 3.01. The molecule has 0 bridgehead atoms. The minimum Gasteiger partial charge on any atom is -0.363 e. The van der Waals surface area contributed by atoms with Gasteiger partial charge in [-0.1, -0.05) is 53.2 Å². The van der Waals surface area contributed by atoms with Gasteiger partial charge in [-0.25, -0.2) is 0 Å². The van der Waals surface area contributed by atoms with Crippen molar-refractivity contribution in [3.05, 3.63) is 70.9 Å². The molecular formula is C17H13ClN2O2. The molecule has 0 spiro atoms. The van der Waals surface area contributed by atoms with E-state index in [1.54, 1.807) is 12.1 Å². The Morgan fingerprint density at radius 1 is 1.18 bits per heavy atom. The SMILES string of the molecule is Cc1ccc(Cl)cc1NC(=O)c1conc1-c1ccccc1. The van der Waals surface area contributed by atoms with Gasteiger partial charge in [-0.2, -0.15) is 0 Å². The zero-order chi connectivity index (χ0) is 15.5. The topological polar surface area (TPSA) is 55.1 Å². The van der Waals surface area contributed by atoms with Crippen LogP contribution in [0.3, 0.4) is 0 Å². The van der Waals surface area contributed by atoms with Gasteiger partial charge in [-0.15, -0.1) is 0 Å². The number of nitrogens with zero attached hydrogens (tertiary/aromatic N) is 1. The Morgan fingerprint density at radius 2 is 1.95 bits per heavy atom. The van der Waals surface area contributed by atoms with E-state index in [9.17, 15) is 4.79 Å². The Bertz CT molecular complexity index is 813. The first-order valence-corrected chi connectivity index (χ1v) is 7.10. The second-order valence-electron chi connectivity index (χ2n) is 4.86. The van der Waals surface area contributed by atoms with Crippen LogP contribution < -0.4 is 5.32 Å². The average molecular weight is 313 g/mol. The fraction of sp³-hybridized carbons (Fsp3) is 0.0588. The number of hydrogen-bond acceptors (Lipinski definition) is 3. The summed E-state index contributed by atoms with van der Waals surface area (Å²) in [7, 11) is 0. The first kappa shape index (κ1) is 14.4. The predicted octanol–water partition coefficient (Wildman–Crippen LogP) is 4.56. The maximum Gasteiger partial charge on any atom is 0.261 e. The number of hydrogen-bond donors (Lipinski definition) is 1. The molecule has 22 heavy (non-hydrogen) atoms. The van der Waals surface area contributed by atoms with Crippen molar-refractivity contribution in [1.29, 1.82) is 0 Å². The van der Waals surface area contributed by atoms with Crippen LogP contribution in [0.4, 0.5) is 5.69 Å². The molecule has 0 fully saturated rings. The van der Waals surface area contributed by atoms with E-state index >= 15 is 0 Å². The lowest BCUT2D eigenvalue weighted by atomic mass is 10.1.